The summed E-state index contributed by atoms with van der Waals surface area (Å²) in [5, 5.41) is 14.0. The molecule has 4 aromatic rings. The standard InChI is InChI=1S/C20H12ClN3O4/c21-14-3-1-2-13(10-14)20-23-17-11-15(6-9-18(17)28-20)22-19(25)12-4-7-16(8-5-12)24(26)27/h1-11H,(H,22,25). The van der Waals surface area contributed by atoms with Gasteiger partial charge in [-0.05, 0) is 48.5 Å². The zero-order valence-corrected chi connectivity index (χ0v) is 15.0. The normalized spacial score (nSPS) is 10.8. The van der Waals surface area contributed by atoms with Crippen LogP contribution >= 0.6 is 11.6 Å². The number of amides is 1. The Morgan fingerprint density at radius 2 is 1.86 bits per heavy atom. The fourth-order valence-corrected chi connectivity index (χ4v) is 2.88. The molecule has 0 spiro atoms. The van der Waals surface area contributed by atoms with Gasteiger partial charge in [0, 0.05) is 34.0 Å². The number of anilines is 1. The molecule has 0 radical (unpaired) electrons. The first kappa shape index (κ1) is 17.7. The van der Waals surface area contributed by atoms with E-state index in [0.717, 1.165) is 5.56 Å². The Morgan fingerprint density at radius 3 is 2.57 bits per heavy atom. The number of rotatable bonds is 4. The van der Waals surface area contributed by atoms with E-state index in [1.807, 2.05) is 12.1 Å². The Balaban J connectivity index is 1.57. The van der Waals surface area contributed by atoms with Gasteiger partial charge in [-0.2, -0.15) is 0 Å². The molecule has 1 amide bonds. The van der Waals surface area contributed by atoms with Gasteiger partial charge in [-0.15, -0.1) is 0 Å². The van der Waals surface area contributed by atoms with Gasteiger partial charge in [0.05, 0.1) is 4.92 Å². The number of aromatic nitrogens is 1. The smallest absolute Gasteiger partial charge is 0.269 e. The minimum absolute atomic E-state index is 0.0749. The van der Waals surface area contributed by atoms with Crippen LogP contribution in [0.3, 0.4) is 0 Å². The maximum Gasteiger partial charge on any atom is 0.269 e. The van der Waals surface area contributed by atoms with Crippen molar-refractivity contribution in [3.8, 4) is 11.5 Å². The van der Waals surface area contributed by atoms with Crippen LogP contribution in [0.15, 0.2) is 71.1 Å². The Bertz CT molecular complexity index is 1200. The highest BCUT2D eigenvalue weighted by molar-refractivity contribution is 6.30. The molecule has 0 aliphatic heterocycles. The van der Waals surface area contributed by atoms with Crippen molar-refractivity contribution in [2.45, 2.75) is 0 Å². The fourth-order valence-electron chi connectivity index (χ4n) is 2.69. The summed E-state index contributed by atoms with van der Waals surface area (Å²) in [5.41, 5.74) is 2.67. The molecular weight excluding hydrogens is 382 g/mol. The molecule has 4 rings (SSSR count). The van der Waals surface area contributed by atoms with Crippen LogP contribution in [0.25, 0.3) is 22.6 Å². The van der Waals surface area contributed by atoms with E-state index in [2.05, 4.69) is 10.3 Å². The molecule has 0 atom stereocenters. The van der Waals surface area contributed by atoms with Crippen LogP contribution in [0.2, 0.25) is 5.02 Å². The highest BCUT2D eigenvalue weighted by atomic mass is 35.5. The van der Waals surface area contributed by atoms with E-state index in [4.69, 9.17) is 16.0 Å². The van der Waals surface area contributed by atoms with Crippen molar-refractivity contribution >= 4 is 40.0 Å². The van der Waals surface area contributed by atoms with Gasteiger partial charge >= 0.3 is 0 Å². The van der Waals surface area contributed by atoms with Gasteiger partial charge in [0.2, 0.25) is 5.89 Å². The molecule has 0 bridgehead atoms. The minimum Gasteiger partial charge on any atom is -0.436 e. The van der Waals surface area contributed by atoms with Crippen LogP contribution in [0, 0.1) is 10.1 Å². The third-order valence-corrected chi connectivity index (χ3v) is 4.29. The number of carbonyl (C=O) groups is 1. The van der Waals surface area contributed by atoms with Crippen LogP contribution in [0.5, 0.6) is 0 Å². The molecule has 138 valence electrons. The third kappa shape index (κ3) is 3.56. The topological polar surface area (TPSA) is 98.3 Å². The Labute approximate surface area is 163 Å². The molecule has 1 aromatic heterocycles. The Hall–Kier alpha value is -3.71. The average Bonchev–Trinajstić information content (AvgIpc) is 3.11. The lowest BCUT2D eigenvalue weighted by molar-refractivity contribution is -0.384. The lowest BCUT2D eigenvalue weighted by Gasteiger charge is -2.04. The maximum atomic E-state index is 12.4. The average molecular weight is 394 g/mol. The highest BCUT2D eigenvalue weighted by Crippen LogP contribution is 2.28. The van der Waals surface area contributed by atoms with Gasteiger partial charge in [-0.3, -0.25) is 14.9 Å². The Kier molecular flexibility index (Phi) is 4.50. The molecule has 0 saturated heterocycles. The van der Waals surface area contributed by atoms with E-state index in [9.17, 15) is 14.9 Å². The summed E-state index contributed by atoms with van der Waals surface area (Å²) in [6, 6.07) is 17.6. The molecule has 0 aliphatic rings. The summed E-state index contributed by atoms with van der Waals surface area (Å²) in [6.45, 7) is 0. The van der Waals surface area contributed by atoms with Gasteiger partial charge < -0.3 is 9.73 Å². The number of carbonyl (C=O) groups excluding carboxylic acids is 1. The third-order valence-electron chi connectivity index (χ3n) is 4.06. The van der Waals surface area contributed by atoms with Crippen LogP contribution in [0.1, 0.15) is 10.4 Å². The van der Waals surface area contributed by atoms with Gasteiger partial charge in [-0.25, -0.2) is 4.98 Å². The lowest BCUT2D eigenvalue weighted by atomic mass is 10.2. The van der Waals surface area contributed by atoms with Crippen LogP contribution in [-0.4, -0.2) is 15.8 Å². The van der Waals surface area contributed by atoms with E-state index in [0.29, 0.717) is 33.3 Å². The first-order valence-electron chi connectivity index (χ1n) is 8.22. The number of oxazole rings is 1. The first-order valence-corrected chi connectivity index (χ1v) is 8.60. The summed E-state index contributed by atoms with van der Waals surface area (Å²) in [7, 11) is 0. The van der Waals surface area contributed by atoms with Crippen LogP contribution in [0.4, 0.5) is 11.4 Å². The number of hydrogen-bond acceptors (Lipinski definition) is 5. The number of nitro benzene ring substituents is 1. The zero-order valence-electron chi connectivity index (χ0n) is 14.3. The number of hydrogen-bond donors (Lipinski definition) is 1. The molecular formula is C20H12ClN3O4. The van der Waals surface area contributed by atoms with Crippen LogP contribution in [-0.2, 0) is 0 Å². The van der Waals surface area contributed by atoms with Crippen molar-refractivity contribution < 1.29 is 14.1 Å². The second kappa shape index (κ2) is 7.13. The highest BCUT2D eigenvalue weighted by Gasteiger charge is 2.12. The van der Waals surface area contributed by atoms with Gasteiger partial charge in [0.1, 0.15) is 5.52 Å². The lowest BCUT2D eigenvalue weighted by Crippen LogP contribution is -2.11. The Morgan fingerprint density at radius 1 is 1.07 bits per heavy atom. The molecule has 1 heterocycles. The maximum absolute atomic E-state index is 12.4. The van der Waals surface area contributed by atoms with Crippen molar-refractivity contribution in [2.24, 2.45) is 0 Å². The first-order chi connectivity index (χ1) is 13.5. The summed E-state index contributed by atoms with van der Waals surface area (Å²) in [5.74, 6) is 0.0455. The largest absolute Gasteiger partial charge is 0.436 e. The summed E-state index contributed by atoms with van der Waals surface area (Å²) in [6.07, 6.45) is 0. The summed E-state index contributed by atoms with van der Waals surface area (Å²) < 4.78 is 5.74. The molecule has 7 nitrogen and oxygen atoms in total. The van der Waals surface area contributed by atoms with Crippen molar-refractivity contribution in [3.05, 3.63) is 87.4 Å². The van der Waals surface area contributed by atoms with Gasteiger partial charge in [0.15, 0.2) is 5.58 Å². The number of halogens is 1. The molecule has 8 heteroatoms. The number of fused-ring (bicyclic) bond motifs is 1. The number of nitrogens with zero attached hydrogens (tertiary/aromatic N) is 2. The minimum atomic E-state index is -0.516. The van der Waals surface area contributed by atoms with E-state index < -0.39 is 4.92 Å². The van der Waals surface area contributed by atoms with Crippen LogP contribution < -0.4 is 5.32 Å². The number of benzene rings is 3. The van der Waals surface area contributed by atoms with Crippen molar-refractivity contribution in [3.63, 3.8) is 0 Å². The molecule has 28 heavy (non-hydrogen) atoms. The molecule has 1 N–H and O–H groups in total. The van der Waals surface area contributed by atoms with Crippen molar-refractivity contribution in [1.82, 2.24) is 4.98 Å². The second-order valence-electron chi connectivity index (χ2n) is 5.97. The van der Waals surface area contributed by atoms with E-state index in [1.165, 1.54) is 24.3 Å². The molecule has 0 saturated carbocycles. The molecule has 0 unspecified atom stereocenters. The SMILES string of the molecule is O=C(Nc1ccc2oc(-c3cccc(Cl)c3)nc2c1)c1ccc([N+](=O)[O-])cc1. The van der Waals surface area contributed by atoms with E-state index in [-0.39, 0.29) is 11.6 Å². The summed E-state index contributed by atoms with van der Waals surface area (Å²) in [4.78, 5) is 27.0. The molecule has 0 aliphatic carbocycles. The van der Waals surface area contributed by atoms with E-state index in [1.54, 1.807) is 30.3 Å². The summed E-state index contributed by atoms with van der Waals surface area (Å²) >= 11 is 6.01. The quantitative estimate of drug-likeness (QED) is 0.374. The van der Waals surface area contributed by atoms with Crippen molar-refractivity contribution in [2.75, 3.05) is 5.32 Å². The van der Waals surface area contributed by atoms with Gasteiger partial charge in [-0.1, -0.05) is 17.7 Å². The number of nitro groups is 1. The molecule has 3 aromatic carbocycles. The number of non-ortho nitro benzene ring substituents is 1. The van der Waals surface area contributed by atoms with Crippen molar-refractivity contribution in [1.29, 1.82) is 0 Å². The zero-order chi connectivity index (χ0) is 19.7. The monoisotopic (exact) mass is 393 g/mol. The predicted octanol–water partition coefficient (Wildman–Crippen LogP) is 5.31. The number of nitrogens with one attached hydrogen (secondary N) is 1. The fraction of sp³-hybridized carbons (Fsp3) is 0. The molecule has 0 fully saturated rings. The predicted molar refractivity (Wildman–Crippen MR) is 106 cm³/mol. The second-order valence-corrected chi connectivity index (χ2v) is 6.41. The van der Waals surface area contributed by atoms with E-state index >= 15 is 0 Å². The van der Waals surface area contributed by atoms with Gasteiger partial charge in [0.25, 0.3) is 11.6 Å².